The minimum absolute atomic E-state index is 0.996. The van der Waals surface area contributed by atoms with Crippen molar-refractivity contribution in [3.8, 4) is 0 Å². The maximum Gasteiger partial charge on any atom is -0.0363 e. The number of hydrogen-bond acceptors (Lipinski definition) is 0. The number of hydrogen-bond donors (Lipinski definition) is 0. The van der Waals surface area contributed by atoms with Crippen molar-refractivity contribution < 1.29 is 0 Å². The van der Waals surface area contributed by atoms with Crippen LogP contribution < -0.4 is 0 Å². The largest absolute Gasteiger partial charge is 0.0625 e. The Hall–Kier alpha value is 0. The van der Waals surface area contributed by atoms with Crippen LogP contribution in [0.3, 0.4) is 0 Å². The Balaban J connectivity index is 1.76. The van der Waals surface area contributed by atoms with Crippen molar-refractivity contribution in [1.82, 2.24) is 0 Å². The van der Waals surface area contributed by atoms with Crippen LogP contribution in [0.15, 0.2) is 0 Å². The first kappa shape index (κ1) is 12.5. The molecule has 0 aromatic carbocycles. The molecule has 2 saturated carbocycles. The van der Waals surface area contributed by atoms with Crippen LogP contribution in [-0.4, -0.2) is 0 Å². The highest BCUT2D eigenvalue weighted by molar-refractivity contribution is 4.81. The first-order chi connectivity index (χ1) is 7.66. The molecule has 0 aliphatic heterocycles. The minimum atomic E-state index is 0.996. The second kappa shape index (κ2) is 5.56. The Bertz CT molecular complexity index is 200. The molecule has 0 radical (unpaired) electrons. The van der Waals surface area contributed by atoms with Crippen molar-refractivity contribution in [2.75, 3.05) is 0 Å². The fraction of sp³-hybridized carbons (Fsp3) is 1.00. The van der Waals surface area contributed by atoms with Crippen LogP contribution in [0.5, 0.6) is 0 Å². The van der Waals surface area contributed by atoms with Gasteiger partial charge < -0.3 is 0 Å². The topological polar surface area (TPSA) is 0 Å². The van der Waals surface area contributed by atoms with Crippen molar-refractivity contribution in [3.05, 3.63) is 0 Å². The zero-order valence-corrected chi connectivity index (χ0v) is 11.5. The molecule has 3 atom stereocenters. The normalized spacial score (nSPS) is 42.2. The van der Waals surface area contributed by atoms with E-state index in [4.69, 9.17) is 0 Å². The molecule has 3 unspecified atom stereocenters. The molecule has 94 valence electrons. The summed E-state index contributed by atoms with van der Waals surface area (Å²) < 4.78 is 0. The first-order valence-corrected chi connectivity index (χ1v) is 7.66. The van der Waals surface area contributed by atoms with E-state index < -0.39 is 0 Å². The van der Waals surface area contributed by atoms with E-state index in [1.54, 1.807) is 0 Å². The molecular weight excluding hydrogens is 192 g/mol. The Morgan fingerprint density at radius 1 is 0.938 bits per heavy atom. The summed E-state index contributed by atoms with van der Waals surface area (Å²) in [6.45, 7) is 7.44. The second-order valence-corrected chi connectivity index (χ2v) is 6.91. The molecule has 0 N–H and O–H groups in total. The van der Waals surface area contributed by atoms with Crippen LogP contribution >= 0.6 is 0 Å². The maximum absolute atomic E-state index is 2.53. The molecule has 0 aromatic rings. The third-order valence-corrected chi connectivity index (χ3v) is 5.50. The predicted octanol–water partition coefficient (Wildman–Crippen LogP) is 5.28. The van der Waals surface area contributed by atoms with Gasteiger partial charge in [-0.25, -0.2) is 0 Å². The lowest BCUT2D eigenvalue weighted by molar-refractivity contribution is 0.198. The van der Waals surface area contributed by atoms with Gasteiger partial charge in [0.2, 0.25) is 0 Å². The number of rotatable bonds is 3. The molecule has 0 spiro atoms. The van der Waals surface area contributed by atoms with E-state index in [2.05, 4.69) is 20.8 Å². The molecule has 0 bridgehead atoms. The highest BCUT2D eigenvalue weighted by atomic mass is 14.4. The summed E-state index contributed by atoms with van der Waals surface area (Å²) in [5.74, 6) is 5.14. The lowest BCUT2D eigenvalue weighted by Gasteiger charge is -2.31. The van der Waals surface area contributed by atoms with Gasteiger partial charge in [-0.2, -0.15) is 0 Å². The Labute approximate surface area is 102 Å². The maximum atomic E-state index is 2.53. The SMILES string of the molecule is CC1CCC(CC(C)C2CCCC2C)CC1. The van der Waals surface area contributed by atoms with Crippen molar-refractivity contribution >= 4 is 0 Å². The Morgan fingerprint density at radius 3 is 2.19 bits per heavy atom. The van der Waals surface area contributed by atoms with Crippen LogP contribution in [0.1, 0.15) is 72.1 Å². The standard InChI is InChI=1S/C16H30/c1-12-7-9-15(10-8-12)11-14(3)16-6-4-5-13(16)2/h12-16H,4-11H2,1-3H3. The lowest BCUT2D eigenvalue weighted by Crippen LogP contribution is -2.20. The molecule has 0 aromatic heterocycles. The van der Waals surface area contributed by atoms with E-state index in [9.17, 15) is 0 Å². The van der Waals surface area contributed by atoms with Gasteiger partial charge in [0.15, 0.2) is 0 Å². The monoisotopic (exact) mass is 222 g/mol. The van der Waals surface area contributed by atoms with Gasteiger partial charge in [-0.05, 0) is 42.4 Å². The third-order valence-electron chi connectivity index (χ3n) is 5.50. The molecule has 0 heterocycles. The Morgan fingerprint density at radius 2 is 1.62 bits per heavy atom. The summed E-state index contributed by atoms with van der Waals surface area (Å²) in [7, 11) is 0. The van der Waals surface area contributed by atoms with Gasteiger partial charge in [0.1, 0.15) is 0 Å². The molecule has 0 amide bonds. The van der Waals surface area contributed by atoms with Crippen molar-refractivity contribution in [3.63, 3.8) is 0 Å². The fourth-order valence-electron chi connectivity index (χ4n) is 4.28. The van der Waals surface area contributed by atoms with Gasteiger partial charge >= 0.3 is 0 Å². The van der Waals surface area contributed by atoms with E-state index in [1.165, 1.54) is 51.4 Å². The van der Waals surface area contributed by atoms with Gasteiger partial charge in [0, 0.05) is 0 Å². The van der Waals surface area contributed by atoms with Crippen LogP contribution in [0.2, 0.25) is 0 Å². The van der Waals surface area contributed by atoms with E-state index >= 15 is 0 Å². The van der Waals surface area contributed by atoms with Crippen LogP contribution in [-0.2, 0) is 0 Å². The molecule has 16 heavy (non-hydrogen) atoms. The zero-order valence-electron chi connectivity index (χ0n) is 11.5. The summed E-state index contributed by atoms with van der Waals surface area (Å²) in [4.78, 5) is 0. The molecule has 2 rings (SSSR count). The molecule has 2 fully saturated rings. The molecule has 2 aliphatic carbocycles. The average molecular weight is 222 g/mol. The summed E-state index contributed by atoms with van der Waals surface area (Å²) in [5.41, 5.74) is 0. The zero-order chi connectivity index (χ0) is 11.5. The van der Waals surface area contributed by atoms with Gasteiger partial charge in [0.25, 0.3) is 0 Å². The van der Waals surface area contributed by atoms with Crippen molar-refractivity contribution in [2.45, 2.75) is 72.1 Å². The molecule has 0 nitrogen and oxygen atoms in total. The second-order valence-electron chi connectivity index (χ2n) is 6.91. The quantitative estimate of drug-likeness (QED) is 0.610. The smallest absolute Gasteiger partial charge is 0.0363 e. The van der Waals surface area contributed by atoms with Crippen molar-refractivity contribution in [1.29, 1.82) is 0 Å². The molecule has 0 heteroatoms. The lowest BCUT2D eigenvalue weighted by atomic mass is 9.74. The van der Waals surface area contributed by atoms with Crippen LogP contribution in [0, 0.1) is 29.6 Å². The van der Waals surface area contributed by atoms with E-state index in [1.807, 2.05) is 0 Å². The van der Waals surface area contributed by atoms with Gasteiger partial charge in [-0.1, -0.05) is 59.3 Å². The Kier molecular flexibility index (Phi) is 4.33. The van der Waals surface area contributed by atoms with Gasteiger partial charge in [0.05, 0.1) is 0 Å². The van der Waals surface area contributed by atoms with Crippen LogP contribution in [0.25, 0.3) is 0 Å². The molecular formula is C16H30. The van der Waals surface area contributed by atoms with Gasteiger partial charge in [-0.15, -0.1) is 0 Å². The highest BCUT2D eigenvalue weighted by Crippen LogP contribution is 2.41. The van der Waals surface area contributed by atoms with E-state index in [-0.39, 0.29) is 0 Å². The van der Waals surface area contributed by atoms with E-state index in [0.717, 1.165) is 29.6 Å². The summed E-state index contributed by atoms with van der Waals surface area (Å²) >= 11 is 0. The summed E-state index contributed by atoms with van der Waals surface area (Å²) in [6, 6.07) is 0. The predicted molar refractivity (Wildman–Crippen MR) is 71.4 cm³/mol. The van der Waals surface area contributed by atoms with Gasteiger partial charge in [-0.3, -0.25) is 0 Å². The van der Waals surface area contributed by atoms with E-state index in [0.29, 0.717) is 0 Å². The van der Waals surface area contributed by atoms with Crippen LogP contribution in [0.4, 0.5) is 0 Å². The summed E-state index contributed by atoms with van der Waals surface area (Å²) in [6.07, 6.45) is 12.1. The molecule has 2 aliphatic rings. The third kappa shape index (κ3) is 3.02. The molecule has 0 saturated heterocycles. The average Bonchev–Trinajstić information content (AvgIpc) is 2.68. The first-order valence-electron chi connectivity index (χ1n) is 7.66. The van der Waals surface area contributed by atoms with Crippen molar-refractivity contribution in [2.24, 2.45) is 29.6 Å². The minimum Gasteiger partial charge on any atom is -0.0625 e. The summed E-state index contributed by atoms with van der Waals surface area (Å²) in [5, 5.41) is 0. The fourth-order valence-corrected chi connectivity index (χ4v) is 4.28. The highest BCUT2D eigenvalue weighted by Gasteiger charge is 2.30.